The first-order valence-corrected chi connectivity index (χ1v) is 6.08. The maximum atomic E-state index is 12.0. The summed E-state index contributed by atoms with van der Waals surface area (Å²) < 4.78 is 46.3. The van der Waals surface area contributed by atoms with E-state index in [-0.39, 0.29) is 11.5 Å². The number of hydrogen-bond donors (Lipinski definition) is 1. The van der Waals surface area contributed by atoms with Gasteiger partial charge >= 0.3 is 0 Å². The predicted molar refractivity (Wildman–Crippen MR) is 49.1 cm³/mol. The molecule has 2 N–H and O–H groups in total. The van der Waals surface area contributed by atoms with Crippen molar-refractivity contribution in [2.45, 2.75) is 18.5 Å². The standard InChI is InChI=1S/C7H14F2N2O2S/c1-11(2-7(8)9)6-4-14(12,13)3-5(6)10/h5-7H,2-4,10H2,1H3. The van der Waals surface area contributed by atoms with Crippen molar-refractivity contribution in [2.24, 2.45) is 5.73 Å². The Morgan fingerprint density at radius 2 is 2.07 bits per heavy atom. The second kappa shape index (κ2) is 4.08. The van der Waals surface area contributed by atoms with Gasteiger partial charge < -0.3 is 5.73 Å². The summed E-state index contributed by atoms with van der Waals surface area (Å²) in [5, 5.41) is 0. The lowest BCUT2D eigenvalue weighted by atomic mass is 10.1. The molecule has 0 spiro atoms. The van der Waals surface area contributed by atoms with Gasteiger partial charge in [0, 0.05) is 12.1 Å². The molecular formula is C7H14F2N2O2S. The Hall–Kier alpha value is -0.270. The van der Waals surface area contributed by atoms with Crippen LogP contribution in [0.1, 0.15) is 0 Å². The Morgan fingerprint density at radius 1 is 1.50 bits per heavy atom. The number of likely N-dealkylation sites (N-methyl/N-ethyl adjacent to an activating group) is 1. The fourth-order valence-corrected chi connectivity index (χ4v) is 3.63. The third-order valence-electron chi connectivity index (χ3n) is 2.36. The van der Waals surface area contributed by atoms with Gasteiger partial charge in [0.1, 0.15) is 0 Å². The van der Waals surface area contributed by atoms with Gasteiger partial charge in [0.25, 0.3) is 6.43 Å². The molecule has 14 heavy (non-hydrogen) atoms. The molecule has 84 valence electrons. The molecule has 0 aliphatic carbocycles. The summed E-state index contributed by atoms with van der Waals surface area (Å²) in [6.45, 7) is -0.437. The summed E-state index contributed by atoms with van der Waals surface area (Å²) in [4.78, 5) is 1.32. The van der Waals surface area contributed by atoms with Crippen LogP contribution in [0.5, 0.6) is 0 Å². The molecule has 0 aromatic heterocycles. The van der Waals surface area contributed by atoms with Gasteiger partial charge in [-0.1, -0.05) is 0 Å². The number of halogens is 2. The molecule has 4 nitrogen and oxygen atoms in total. The summed E-state index contributed by atoms with van der Waals surface area (Å²) in [5.74, 6) is -0.220. The average molecular weight is 228 g/mol. The number of rotatable bonds is 3. The number of sulfone groups is 1. The molecule has 7 heteroatoms. The molecular weight excluding hydrogens is 214 g/mol. The Labute approximate surface area is 82.0 Å². The van der Waals surface area contributed by atoms with Crippen LogP contribution < -0.4 is 5.73 Å². The fraction of sp³-hybridized carbons (Fsp3) is 1.00. The summed E-state index contributed by atoms with van der Waals surface area (Å²) in [5.41, 5.74) is 5.57. The topological polar surface area (TPSA) is 63.4 Å². The van der Waals surface area contributed by atoms with E-state index in [0.717, 1.165) is 0 Å². The minimum Gasteiger partial charge on any atom is -0.325 e. The molecule has 0 radical (unpaired) electrons. The zero-order valence-corrected chi connectivity index (χ0v) is 8.68. The summed E-state index contributed by atoms with van der Waals surface area (Å²) in [6, 6.07) is -1.03. The molecule has 1 heterocycles. The highest BCUT2D eigenvalue weighted by molar-refractivity contribution is 7.91. The smallest absolute Gasteiger partial charge is 0.251 e. The first kappa shape index (κ1) is 11.8. The Morgan fingerprint density at radius 3 is 2.43 bits per heavy atom. The highest BCUT2D eigenvalue weighted by atomic mass is 32.2. The fourth-order valence-electron chi connectivity index (χ4n) is 1.66. The Bertz CT molecular complexity index is 294. The molecule has 1 aliphatic heterocycles. The summed E-state index contributed by atoms with van der Waals surface area (Å²) >= 11 is 0. The van der Waals surface area contributed by atoms with Crippen LogP contribution in [0.4, 0.5) is 8.78 Å². The van der Waals surface area contributed by atoms with E-state index in [9.17, 15) is 17.2 Å². The molecule has 0 bridgehead atoms. The Kier molecular flexibility index (Phi) is 3.44. The highest BCUT2D eigenvalue weighted by Gasteiger charge is 2.38. The predicted octanol–water partition coefficient (Wildman–Crippen LogP) is -0.692. The van der Waals surface area contributed by atoms with Crippen LogP contribution in [-0.2, 0) is 9.84 Å². The second-order valence-electron chi connectivity index (χ2n) is 3.64. The van der Waals surface area contributed by atoms with Crippen molar-refractivity contribution in [2.75, 3.05) is 25.1 Å². The summed E-state index contributed by atoms with van der Waals surface area (Å²) in [7, 11) is -1.67. The van der Waals surface area contributed by atoms with E-state index in [0.29, 0.717) is 0 Å². The second-order valence-corrected chi connectivity index (χ2v) is 5.79. The van der Waals surface area contributed by atoms with Crippen molar-refractivity contribution in [3.05, 3.63) is 0 Å². The number of alkyl halides is 2. The summed E-state index contributed by atoms with van der Waals surface area (Å²) in [6.07, 6.45) is -2.46. The normalized spacial score (nSPS) is 31.6. The quantitative estimate of drug-likeness (QED) is 0.694. The zero-order valence-electron chi connectivity index (χ0n) is 7.86. The van der Waals surface area contributed by atoms with Crippen LogP contribution in [0.2, 0.25) is 0 Å². The van der Waals surface area contributed by atoms with E-state index in [4.69, 9.17) is 5.73 Å². The van der Waals surface area contributed by atoms with Crippen LogP contribution >= 0.6 is 0 Å². The van der Waals surface area contributed by atoms with Gasteiger partial charge in [-0.05, 0) is 7.05 Å². The third-order valence-corrected chi connectivity index (χ3v) is 4.10. The van der Waals surface area contributed by atoms with E-state index < -0.39 is 34.9 Å². The van der Waals surface area contributed by atoms with E-state index in [1.807, 2.05) is 0 Å². The van der Waals surface area contributed by atoms with Gasteiger partial charge in [-0.3, -0.25) is 4.90 Å². The lowest BCUT2D eigenvalue weighted by molar-refractivity contribution is 0.0825. The monoisotopic (exact) mass is 228 g/mol. The minimum absolute atomic E-state index is 0.106. The molecule has 1 saturated heterocycles. The van der Waals surface area contributed by atoms with Crippen LogP contribution in [0, 0.1) is 0 Å². The number of nitrogens with zero attached hydrogens (tertiary/aromatic N) is 1. The van der Waals surface area contributed by atoms with Gasteiger partial charge in [-0.25, -0.2) is 17.2 Å². The van der Waals surface area contributed by atoms with Gasteiger partial charge in [0.2, 0.25) is 0 Å². The van der Waals surface area contributed by atoms with Crippen LogP contribution in [0.15, 0.2) is 0 Å². The molecule has 1 aliphatic rings. The van der Waals surface area contributed by atoms with Gasteiger partial charge in [0.15, 0.2) is 9.84 Å². The lowest BCUT2D eigenvalue weighted by Crippen LogP contribution is -2.46. The largest absolute Gasteiger partial charge is 0.325 e. The van der Waals surface area contributed by atoms with E-state index in [1.165, 1.54) is 11.9 Å². The van der Waals surface area contributed by atoms with Gasteiger partial charge in [0.05, 0.1) is 18.1 Å². The first-order chi connectivity index (χ1) is 6.32. The zero-order chi connectivity index (χ0) is 10.9. The van der Waals surface area contributed by atoms with Crippen LogP contribution in [-0.4, -0.2) is 56.9 Å². The van der Waals surface area contributed by atoms with Crippen molar-refractivity contribution in [1.82, 2.24) is 4.90 Å². The molecule has 0 aromatic carbocycles. The maximum Gasteiger partial charge on any atom is 0.251 e. The molecule has 0 saturated carbocycles. The van der Waals surface area contributed by atoms with E-state index in [1.54, 1.807) is 0 Å². The maximum absolute atomic E-state index is 12.0. The van der Waals surface area contributed by atoms with Crippen molar-refractivity contribution in [3.63, 3.8) is 0 Å². The van der Waals surface area contributed by atoms with Crippen molar-refractivity contribution >= 4 is 9.84 Å². The first-order valence-electron chi connectivity index (χ1n) is 4.26. The third kappa shape index (κ3) is 2.86. The van der Waals surface area contributed by atoms with Crippen molar-refractivity contribution in [1.29, 1.82) is 0 Å². The lowest BCUT2D eigenvalue weighted by Gasteiger charge is -2.25. The molecule has 0 aromatic rings. The number of nitrogens with two attached hydrogens (primary N) is 1. The van der Waals surface area contributed by atoms with Crippen LogP contribution in [0.3, 0.4) is 0 Å². The van der Waals surface area contributed by atoms with Gasteiger partial charge in [-0.2, -0.15) is 0 Å². The minimum atomic E-state index is -3.14. The molecule has 2 atom stereocenters. The molecule has 1 rings (SSSR count). The van der Waals surface area contributed by atoms with Crippen molar-refractivity contribution in [3.8, 4) is 0 Å². The highest BCUT2D eigenvalue weighted by Crippen LogP contribution is 2.16. The molecule has 2 unspecified atom stereocenters. The molecule has 0 amide bonds. The van der Waals surface area contributed by atoms with E-state index in [2.05, 4.69) is 0 Å². The average Bonchev–Trinajstić information content (AvgIpc) is 2.23. The van der Waals surface area contributed by atoms with Crippen LogP contribution in [0.25, 0.3) is 0 Å². The van der Waals surface area contributed by atoms with E-state index >= 15 is 0 Å². The van der Waals surface area contributed by atoms with Gasteiger partial charge in [-0.15, -0.1) is 0 Å². The number of hydrogen-bond acceptors (Lipinski definition) is 4. The Balaban J connectivity index is 2.61. The SMILES string of the molecule is CN(CC(F)F)C1CS(=O)(=O)CC1N. The van der Waals surface area contributed by atoms with Crippen molar-refractivity contribution < 1.29 is 17.2 Å². The molecule has 1 fully saturated rings.